The molecule has 0 radical (unpaired) electrons. The molecule has 0 amide bonds. The van der Waals surface area contributed by atoms with Gasteiger partial charge in [-0.15, -0.1) is 24.0 Å². The van der Waals surface area contributed by atoms with Gasteiger partial charge >= 0.3 is 0 Å². The molecule has 2 N–H and O–H groups in total. The van der Waals surface area contributed by atoms with Crippen molar-refractivity contribution in [2.24, 2.45) is 10.9 Å². The first-order valence-electron chi connectivity index (χ1n) is 9.37. The summed E-state index contributed by atoms with van der Waals surface area (Å²) < 4.78 is 11.1. The van der Waals surface area contributed by atoms with Crippen molar-refractivity contribution in [1.29, 1.82) is 0 Å². The summed E-state index contributed by atoms with van der Waals surface area (Å²) in [5.74, 6) is 1.39. The zero-order valence-corrected chi connectivity index (χ0v) is 19.7. The van der Waals surface area contributed by atoms with E-state index in [0.717, 1.165) is 63.3 Å². The Morgan fingerprint density at radius 1 is 1.30 bits per heavy atom. The van der Waals surface area contributed by atoms with Crippen LogP contribution in [0.3, 0.4) is 0 Å². The van der Waals surface area contributed by atoms with Gasteiger partial charge in [-0.25, -0.2) is 0 Å². The van der Waals surface area contributed by atoms with Crippen molar-refractivity contribution in [2.45, 2.75) is 32.1 Å². The van der Waals surface area contributed by atoms with Crippen LogP contribution in [-0.4, -0.2) is 52.5 Å². The highest BCUT2D eigenvalue weighted by atomic mass is 127. The zero-order valence-electron chi connectivity index (χ0n) is 16.6. The van der Waals surface area contributed by atoms with E-state index in [9.17, 15) is 0 Å². The van der Waals surface area contributed by atoms with Crippen LogP contribution in [0.25, 0.3) is 0 Å². The maximum Gasteiger partial charge on any atom is 0.191 e. The molecule has 1 unspecified atom stereocenters. The Morgan fingerprint density at radius 2 is 2.04 bits per heavy atom. The summed E-state index contributed by atoms with van der Waals surface area (Å²) in [7, 11) is 1.79. The van der Waals surface area contributed by atoms with E-state index in [1.54, 1.807) is 7.05 Å². The van der Waals surface area contributed by atoms with Crippen molar-refractivity contribution < 1.29 is 9.47 Å². The minimum absolute atomic E-state index is 0. The summed E-state index contributed by atoms with van der Waals surface area (Å²) >= 11 is 5.98. The highest BCUT2D eigenvalue weighted by molar-refractivity contribution is 14.0. The molecule has 5 nitrogen and oxygen atoms in total. The van der Waals surface area contributed by atoms with Gasteiger partial charge in [0.25, 0.3) is 0 Å². The molecule has 0 aromatic heterocycles. The van der Waals surface area contributed by atoms with Gasteiger partial charge in [0.15, 0.2) is 5.96 Å². The number of nitrogens with one attached hydrogen (secondary N) is 2. The summed E-state index contributed by atoms with van der Waals surface area (Å²) in [4.78, 5) is 4.30. The predicted octanol–water partition coefficient (Wildman–Crippen LogP) is 3.84. The van der Waals surface area contributed by atoms with Gasteiger partial charge < -0.3 is 20.1 Å². The van der Waals surface area contributed by atoms with Crippen LogP contribution in [0.5, 0.6) is 0 Å². The third kappa shape index (κ3) is 8.98. The van der Waals surface area contributed by atoms with Gasteiger partial charge in [-0.05, 0) is 30.5 Å². The average molecular weight is 510 g/mol. The standard InChI is InChI=1S/C20H32ClN3O2.HI/c1-20(2,17-5-7-18(21)8-6-17)15-24-19(22-3)23-10-4-11-25-13-16-9-12-26-14-16;/h5-8,16H,4,9-15H2,1-3H3,(H2,22,23,24);1H. The van der Waals surface area contributed by atoms with Crippen molar-refractivity contribution in [3.05, 3.63) is 34.9 Å². The molecule has 0 bridgehead atoms. The molecular formula is C20H33ClIN3O2. The highest BCUT2D eigenvalue weighted by Crippen LogP contribution is 2.23. The van der Waals surface area contributed by atoms with E-state index >= 15 is 0 Å². The van der Waals surface area contributed by atoms with Crippen molar-refractivity contribution in [3.8, 4) is 0 Å². The lowest BCUT2D eigenvalue weighted by Crippen LogP contribution is -2.43. The monoisotopic (exact) mass is 509 g/mol. The maximum atomic E-state index is 5.98. The van der Waals surface area contributed by atoms with E-state index in [1.165, 1.54) is 5.56 Å². The number of guanidine groups is 1. The smallest absolute Gasteiger partial charge is 0.191 e. The molecule has 0 saturated carbocycles. The molecule has 1 aliphatic heterocycles. The van der Waals surface area contributed by atoms with E-state index in [0.29, 0.717) is 5.92 Å². The van der Waals surface area contributed by atoms with Gasteiger partial charge in [-0.1, -0.05) is 37.6 Å². The molecule has 154 valence electrons. The van der Waals surface area contributed by atoms with Gasteiger partial charge in [-0.2, -0.15) is 0 Å². The SMILES string of the molecule is CN=C(NCCCOCC1CCOC1)NCC(C)(C)c1ccc(Cl)cc1.I. The fraction of sp³-hybridized carbons (Fsp3) is 0.650. The zero-order chi connectivity index (χ0) is 18.8. The van der Waals surface area contributed by atoms with Crippen LogP contribution in [0.1, 0.15) is 32.3 Å². The molecule has 0 aliphatic carbocycles. The summed E-state index contributed by atoms with van der Waals surface area (Å²) in [6.07, 6.45) is 2.08. The minimum atomic E-state index is -0.0192. The number of aliphatic imine (C=N–C) groups is 1. The second-order valence-electron chi connectivity index (χ2n) is 7.40. The van der Waals surface area contributed by atoms with Crippen LogP contribution in [0.15, 0.2) is 29.3 Å². The fourth-order valence-electron chi connectivity index (χ4n) is 2.87. The summed E-state index contributed by atoms with van der Waals surface area (Å²) in [6.45, 7) is 9.32. The largest absolute Gasteiger partial charge is 0.381 e. The second-order valence-corrected chi connectivity index (χ2v) is 7.84. The van der Waals surface area contributed by atoms with Crippen LogP contribution in [0.2, 0.25) is 5.02 Å². The normalized spacial score (nSPS) is 17.5. The number of hydrogen-bond acceptors (Lipinski definition) is 3. The number of halogens is 2. The first kappa shape index (κ1) is 24.5. The van der Waals surface area contributed by atoms with E-state index in [4.69, 9.17) is 21.1 Å². The Labute approximate surface area is 185 Å². The first-order valence-corrected chi connectivity index (χ1v) is 9.75. The van der Waals surface area contributed by atoms with Gasteiger partial charge in [0.2, 0.25) is 0 Å². The molecule has 0 spiro atoms. The van der Waals surface area contributed by atoms with Crippen LogP contribution >= 0.6 is 35.6 Å². The number of hydrogen-bond donors (Lipinski definition) is 2. The molecule has 1 fully saturated rings. The molecule has 1 aromatic carbocycles. The summed E-state index contributed by atoms with van der Waals surface area (Å²) in [6, 6.07) is 8.02. The van der Waals surface area contributed by atoms with E-state index in [-0.39, 0.29) is 29.4 Å². The van der Waals surface area contributed by atoms with Crippen molar-refractivity contribution in [1.82, 2.24) is 10.6 Å². The number of benzene rings is 1. The van der Waals surface area contributed by atoms with Crippen LogP contribution in [-0.2, 0) is 14.9 Å². The summed E-state index contributed by atoms with van der Waals surface area (Å²) in [5.41, 5.74) is 1.23. The molecule has 1 aromatic rings. The fourth-order valence-corrected chi connectivity index (χ4v) is 3.00. The molecule has 1 saturated heterocycles. The number of ether oxygens (including phenoxy) is 2. The molecular weight excluding hydrogens is 477 g/mol. The predicted molar refractivity (Wildman–Crippen MR) is 124 cm³/mol. The van der Waals surface area contributed by atoms with Crippen molar-refractivity contribution >= 4 is 41.5 Å². The Hall–Kier alpha value is -0.570. The maximum absolute atomic E-state index is 5.98. The average Bonchev–Trinajstić information content (AvgIpc) is 3.14. The Bertz CT molecular complexity index is 561. The third-order valence-electron chi connectivity index (χ3n) is 4.68. The summed E-state index contributed by atoms with van der Waals surface area (Å²) in [5, 5.41) is 7.51. The highest BCUT2D eigenvalue weighted by Gasteiger charge is 2.20. The molecule has 1 aliphatic rings. The number of nitrogens with zero attached hydrogens (tertiary/aromatic N) is 1. The third-order valence-corrected chi connectivity index (χ3v) is 4.93. The van der Waals surface area contributed by atoms with Crippen molar-refractivity contribution in [2.75, 3.05) is 46.6 Å². The van der Waals surface area contributed by atoms with Crippen LogP contribution in [0.4, 0.5) is 0 Å². The van der Waals surface area contributed by atoms with Gasteiger partial charge in [0, 0.05) is 49.7 Å². The Balaban J connectivity index is 0.00000364. The number of rotatable bonds is 9. The van der Waals surface area contributed by atoms with Crippen LogP contribution in [0, 0.1) is 5.92 Å². The van der Waals surface area contributed by atoms with Gasteiger partial charge in [0.05, 0.1) is 13.2 Å². The molecule has 7 heteroatoms. The van der Waals surface area contributed by atoms with E-state index < -0.39 is 0 Å². The Morgan fingerprint density at radius 3 is 2.67 bits per heavy atom. The molecule has 2 rings (SSSR count). The molecule has 1 heterocycles. The lowest BCUT2D eigenvalue weighted by molar-refractivity contribution is 0.0888. The van der Waals surface area contributed by atoms with E-state index in [1.807, 2.05) is 12.1 Å². The second kappa shape index (κ2) is 12.8. The van der Waals surface area contributed by atoms with Crippen LogP contribution < -0.4 is 10.6 Å². The lowest BCUT2D eigenvalue weighted by Gasteiger charge is -2.27. The minimum Gasteiger partial charge on any atom is -0.381 e. The van der Waals surface area contributed by atoms with Gasteiger partial charge in [0.1, 0.15) is 0 Å². The quantitative estimate of drug-likeness (QED) is 0.230. The molecule has 27 heavy (non-hydrogen) atoms. The topological polar surface area (TPSA) is 54.9 Å². The first-order chi connectivity index (χ1) is 12.5. The Kier molecular flexibility index (Phi) is 11.6. The lowest BCUT2D eigenvalue weighted by atomic mass is 9.85. The van der Waals surface area contributed by atoms with Crippen molar-refractivity contribution in [3.63, 3.8) is 0 Å². The van der Waals surface area contributed by atoms with Gasteiger partial charge in [-0.3, -0.25) is 4.99 Å². The van der Waals surface area contributed by atoms with E-state index in [2.05, 4.69) is 41.6 Å². The molecule has 1 atom stereocenters.